The van der Waals surface area contributed by atoms with Crippen LogP contribution >= 0.6 is 11.6 Å². The molecule has 0 bridgehead atoms. The largest absolute Gasteiger partial charge is 0.310 e. The van der Waals surface area contributed by atoms with Crippen LogP contribution in [0.2, 0.25) is 5.02 Å². The Hall–Kier alpha value is -1.90. The summed E-state index contributed by atoms with van der Waals surface area (Å²) in [5.74, 6) is 0.154. The first-order chi connectivity index (χ1) is 9.28. The molecule has 0 saturated heterocycles. The zero-order valence-electron chi connectivity index (χ0n) is 10.2. The van der Waals surface area contributed by atoms with Crippen LogP contribution in [0.5, 0.6) is 0 Å². The maximum atomic E-state index is 8.78. The number of hydrogen-bond acceptors (Lipinski definition) is 4. The highest BCUT2D eigenvalue weighted by atomic mass is 35.5. The molecule has 1 heterocycles. The number of nitriles is 1. The lowest BCUT2D eigenvalue weighted by Gasteiger charge is -2.11. The van der Waals surface area contributed by atoms with Crippen molar-refractivity contribution in [3.8, 4) is 11.8 Å². The summed E-state index contributed by atoms with van der Waals surface area (Å²) in [6, 6.07) is 8.17. The average Bonchev–Trinajstić information content (AvgIpc) is 3.12. The van der Waals surface area contributed by atoms with Gasteiger partial charge in [0, 0.05) is 23.2 Å². The molecule has 96 valence electrons. The molecular weight excluding hydrogens is 262 g/mol. The normalized spacial score (nSPS) is 14.3. The van der Waals surface area contributed by atoms with E-state index in [-0.39, 0.29) is 5.82 Å². The number of nitrogens with zero attached hydrogens (tertiary/aromatic N) is 4. The van der Waals surface area contributed by atoms with E-state index in [0.717, 1.165) is 11.3 Å². The summed E-state index contributed by atoms with van der Waals surface area (Å²) in [6.45, 7) is 0.696. The highest BCUT2D eigenvalue weighted by molar-refractivity contribution is 6.31. The zero-order chi connectivity index (χ0) is 13.2. The molecule has 0 spiro atoms. The number of hydrogen-bond donors (Lipinski definition) is 1. The van der Waals surface area contributed by atoms with Crippen LogP contribution in [0, 0.1) is 11.3 Å². The molecule has 1 aromatic heterocycles. The molecule has 1 aromatic carbocycles. The Bertz CT molecular complexity index is 639. The minimum Gasteiger partial charge on any atom is -0.310 e. The Morgan fingerprint density at radius 1 is 1.47 bits per heavy atom. The van der Waals surface area contributed by atoms with Crippen molar-refractivity contribution in [1.82, 2.24) is 20.1 Å². The van der Waals surface area contributed by atoms with Crippen LogP contribution in [0.3, 0.4) is 0 Å². The van der Waals surface area contributed by atoms with E-state index in [0.29, 0.717) is 17.6 Å². The third-order valence-electron chi connectivity index (χ3n) is 3.08. The SMILES string of the molecule is N#Cc1ncn(-c2cccc(Cl)c2CNC2CC2)n1. The van der Waals surface area contributed by atoms with Gasteiger partial charge in [-0.1, -0.05) is 17.7 Å². The Morgan fingerprint density at radius 3 is 3.00 bits per heavy atom. The number of nitrogens with one attached hydrogen (secondary N) is 1. The van der Waals surface area contributed by atoms with Crippen LogP contribution in [0.25, 0.3) is 5.69 Å². The molecule has 5 nitrogen and oxygen atoms in total. The van der Waals surface area contributed by atoms with Crippen molar-refractivity contribution in [3.63, 3.8) is 0 Å². The monoisotopic (exact) mass is 273 g/mol. The van der Waals surface area contributed by atoms with Gasteiger partial charge in [0.15, 0.2) is 0 Å². The van der Waals surface area contributed by atoms with Gasteiger partial charge in [-0.2, -0.15) is 5.26 Å². The molecule has 2 aromatic rings. The molecule has 1 aliphatic rings. The minimum absolute atomic E-state index is 0.154. The predicted molar refractivity (Wildman–Crippen MR) is 70.9 cm³/mol. The first-order valence-corrected chi connectivity index (χ1v) is 6.48. The number of halogens is 1. The van der Waals surface area contributed by atoms with Crippen LogP contribution in [0.1, 0.15) is 24.2 Å². The smallest absolute Gasteiger partial charge is 0.252 e. The van der Waals surface area contributed by atoms with Gasteiger partial charge in [-0.25, -0.2) is 9.67 Å². The van der Waals surface area contributed by atoms with E-state index >= 15 is 0 Å². The fraction of sp³-hybridized carbons (Fsp3) is 0.308. The Morgan fingerprint density at radius 2 is 2.32 bits per heavy atom. The summed E-state index contributed by atoms with van der Waals surface area (Å²) in [4.78, 5) is 3.92. The molecule has 3 rings (SSSR count). The second-order valence-corrected chi connectivity index (χ2v) is 4.92. The molecule has 1 fully saturated rings. The zero-order valence-corrected chi connectivity index (χ0v) is 10.9. The highest BCUT2D eigenvalue weighted by Gasteiger charge is 2.21. The standard InChI is InChI=1S/C13H12ClN5/c14-11-2-1-3-12(10(11)7-16-9-4-5-9)19-8-17-13(6-15)18-19/h1-3,8-9,16H,4-5,7H2. The first kappa shape index (κ1) is 12.2. The Kier molecular flexibility index (Phi) is 3.20. The predicted octanol–water partition coefficient (Wildman–Crippen LogP) is 2.04. The minimum atomic E-state index is 0.154. The van der Waals surface area contributed by atoms with E-state index in [2.05, 4.69) is 15.4 Å². The van der Waals surface area contributed by atoms with Gasteiger partial charge in [-0.15, -0.1) is 5.10 Å². The molecule has 19 heavy (non-hydrogen) atoms. The summed E-state index contributed by atoms with van der Waals surface area (Å²) in [7, 11) is 0. The fourth-order valence-corrected chi connectivity index (χ4v) is 2.14. The van der Waals surface area contributed by atoms with Crippen molar-refractivity contribution in [1.29, 1.82) is 5.26 Å². The lowest BCUT2D eigenvalue weighted by atomic mass is 10.1. The van der Waals surface area contributed by atoms with Gasteiger partial charge in [0.25, 0.3) is 5.82 Å². The molecule has 0 atom stereocenters. The fourth-order valence-electron chi connectivity index (χ4n) is 1.90. The highest BCUT2D eigenvalue weighted by Crippen LogP contribution is 2.25. The van der Waals surface area contributed by atoms with E-state index in [1.165, 1.54) is 19.2 Å². The molecule has 0 unspecified atom stereocenters. The van der Waals surface area contributed by atoms with Gasteiger partial charge in [-0.05, 0) is 25.0 Å². The van der Waals surface area contributed by atoms with Gasteiger partial charge < -0.3 is 5.32 Å². The summed E-state index contributed by atoms with van der Waals surface area (Å²) in [5, 5.41) is 17.0. The molecule has 6 heteroatoms. The van der Waals surface area contributed by atoms with Gasteiger partial charge in [0.1, 0.15) is 12.4 Å². The Labute approximate surface area is 115 Å². The topological polar surface area (TPSA) is 66.5 Å². The quantitative estimate of drug-likeness (QED) is 0.926. The van der Waals surface area contributed by atoms with Crippen LogP contribution < -0.4 is 5.32 Å². The van der Waals surface area contributed by atoms with Crippen LogP contribution in [-0.4, -0.2) is 20.8 Å². The van der Waals surface area contributed by atoms with Crippen molar-refractivity contribution in [2.75, 3.05) is 0 Å². The average molecular weight is 274 g/mol. The van der Waals surface area contributed by atoms with Gasteiger partial charge in [-0.3, -0.25) is 0 Å². The van der Waals surface area contributed by atoms with Crippen molar-refractivity contribution in [2.45, 2.75) is 25.4 Å². The number of rotatable bonds is 4. The first-order valence-electron chi connectivity index (χ1n) is 6.11. The van der Waals surface area contributed by atoms with Crippen molar-refractivity contribution in [3.05, 3.63) is 40.9 Å². The van der Waals surface area contributed by atoms with Crippen LogP contribution in [-0.2, 0) is 6.54 Å². The molecule has 1 N–H and O–H groups in total. The van der Waals surface area contributed by atoms with E-state index in [4.69, 9.17) is 16.9 Å². The molecule has 1 aliphatic carbocycles. The summed E-state index contributed by atoms with van der Waals surface area (Å²) >= 11 is 6.26. The van der Waals surface area contributed by atoms with Crippen LogP contribution in [0.4, 0.5) is 0 Å². The second kappa shape index (κ2) is 5.00. The van der Waals surface area contributed by atoms with E-state index < -0.39 is 0 Å². The third kappa shape index (κ3) is 2.60. The van der Waals surface area contributed by atoms with Crippen molar-refractivity contribution < 1.29 is 0 Å². The second-order valence-electron chi connectivity index (χ2n) is 4.52. The van der Waals surface area contributed by atoms with Gasteiger partial charge in [0.2, 0.25) is 0 Å². The molecule has 0 aliphatic heterocycles. The summed E-state index contributed by atoms with van der Waals surface area (Å²) in [6.07, 6.45) is 3.98. The Balaban J connectivity index is 1.94. The van der Waals surface area contributed by atoms with E-state index in [9.17, 15) is 0 Å². The summed E-state index contributed by atoms with van der Waals surface area (Å²) in [5.41, 5.74) is 1.83. The number of aromatic nitrogens is 3. The summed E-state index contributed by atoms with van der Waals surface area (Å²) < 4.78 is 1.59. The van der Waals surface area contributed by atoms with E-state index in [1.807, 2.05) is 24.3 Å². The molecule has 1 saturated carbocycles. The maximum Gasteiger partial charge on any atom is 0.252 e. The maximum absolute atomic E-state index is 8.78. The van der Waals surface area contributed by atoms with Crippen LogP contribution in [0.15, 0.2) is 24.5 Å². The van der Waals surface area contributed by atoms with Crippen molar-refractivity contribution >= 4 is 11.6 Å². The number of benzene rings is 1. The van der Waals surface area contributed by atoms with Gasteiger partial charge in [0.05, 0.1) is 5.69 Å². The lowest BCUT2D eigenvalue weighted by Crippen LogP contribution is -2.17. The molecule has 0 amide bonds. The van der Waals surface area contributed by atoms with Crippen molar-refractivity contribution in [2.24, 2.45) is 0 Å². The third-order valence-corrected chi connectivity index (χ3v) is 3.43. The lowest BCUT2D eigenvalue weighted by molar-refractivity contribution is 0.681. The van der Waals surface area contributed by atoms with Gasteiger partial charge >= 0.3 is 0 Å². The van der Waals surface area contributed by atoms with E-state index in [1.54, 1.807) is 4.68 Å². The molecule has 0 radical (unpaired) electrons. The molecular formula is C13H12ClN5.